The number of nitrogens with zero attached hydrogens (tertiary/aromatic N) is 2. The van der Waals surface area contributed by atoms with E-state index < -0.39 is 0 Å². The summed E-state index contributed by atoms with van der Waals surface area (Å²) in [6.07, 6.45) is 6.85. The number of amidine groups is 1. The minimum absolute atomic E-state index is 0.392. The number of aliphatic imine (C=N–C) groups is 1. The highest BCUT2D eigenvalue weighted by Crippen LogP contribution is 2.36. The second-order valence-electron chi connectivity index (χ2n) is 5.71. The molecule has 1 N–H and O–H groups in total. The maximum atomic E-state index is 4.72. The Labute approximate surface area is 109 Å². The van der Waals surface area contributed by atoms with E-state index in [0.29, 0.717) is 11.6 Å². The standard InChI is InChI=1S/C13H25N3S/c1-11(16(2)3)9-14-12-15-13(10-17-12)7-5-4-6-8-13/h11H,4-10H2,1-3H3,(H,14,15). The molecule has 1 aliphatic carbocycles. The van der Waals surface area contributed by atoms with E-state index in [-0.39, 0.29) is 0 Å². The van der Waals surface area contributed by atoms with Crippen LogP contribution in [0.25, 0.3) is 0 Å². The van der Waals surface area contributed by atoms with Gasteiger partial charge in [0.2, 0.25) is 0 Å². The van der Waals surface area contributed by atoms with Crippen LogP contribution in [0.3, 0.4) is 0 Å². The van der Waals surface area contributed by atoms with Gasteiger partial charge in [-0.1, -0.05) is 31.0 Å². The summed E-state index contributed by atoms with van der Waals surface area (Å²) in [7, 11) is 4.23. The van der Waals surface area contributed by atoms with Gasteiger partial charge in [-0.25, -0.2) is 0 Å². The average molecular weight is 255 g/mol. The summed E-state index contributed by atoms with van der Waals surface area (Å²) >= 11 is 1.92. The van der Waals surface area contributed by atoms with Gasteiger partial charge in [-0.2, -0.15) is 0 Å². The Balaban J connectivity index is 1.86. The average Bonchev–Trinajstić information content (AvgIpc) is 2.70. The van der Waals surface area contributed by atoms with Crippen molar-refractivity contribution in [2.75, 3.05) is 26.4 Å². The molecule has 1 aliphatic heterocycles. The number of rotatable bonds is 3. The van der Waals surface area contributed by atoms with Crippen molar-refractivity contribution in [3.8, 4) is 0 Å². The van der Waals surface area contributed by atoms with Crippen LogP contribution in [-0.2, 0) is 0 Å². The second-order valence-corrected chi connectivity index (χ2v) is 6.68. The molecule has 2 aliphatic rings. The van der Waals surface area contributed by atoms with Gasteiger partial charge in [-0.05, 0) is 33.9 Å². The summed E-state index contributed by atoms with van der Waals surface area (Å²) in [5.74, 6) is 1.22. The van der Waals surface area contributed by atoms with Crippen molar-refractivity contribution in [2.24, 2.45) is 4.99 Å². The molecule has 1 unspecified atom stereocenters. The molecule has 0 aromatic carbocycles. The highest BCUT2D eigenvalue weighted by molar-refractivity contribution is 8.14. The summed E-state index contributed by atoms with van der Waals surface area (Å²) in [5, 5.41) is 4.88. The van der Waals surface area contributed by atoms with E-state index in [0.717, 1.165) is 6.54 Å². The zero-order chi connectivity index (χ0) is 12.3. The molecule has 0 radical (unpaired) electrons. The van der Waals surface area contributed by atoms with Crippen molar-refractivity contribution in [2.45, 2.75) is 50.6 Å². The number of thioether (sulfide) groups is 1. The summed E-state index contributed by atoms with van der Waals surface area (Å²) in [6, 6.07) is 0.521. The van der Waals surface area contributed by atoms with Crippen LogP contribution < -0.4 is 5.32 Å². The number of hydrogen-bond acceptors (Lipinski definition) is 3. The summed E-state index contributed by atoms with van der Waals surface area (Å²) in [4.78, 5) is 6.94. The van der Waals surface area contributed by atoms with Crippen molar-refractivity contribution in [3.05, 3.63) is 0 Å². The highest BCUT2D eigenvalue weighted by Gasteiger charge is 2.37. The minimum atomic E-state index is 0.392. The highest BCUT2D eigenvalue weighted by atomic mass is 32.2. The third kappa shape index (κ3) is 3.38. The quantitative estimate of drug-likeness (QED) is 0.839. The van der Waals surface area contributed by atoms with Crippen LogP contribution in [0.15, 0.2) is 4.99 Å². The third-order valence-corrected chi connectivity index (χ3v) is 5.25. The van der Waals surface area contributed by atoms with Crippen LogP contribution in [0.1, 0.15) is 39.0 Å². The molecule has 2 rings (SSSR count). The normalized spacial score (nSPS) is 27.6. The van der Waals surface area contributed by atoms with Gasteiger partial charge in [0, 0.05) is 17.3 Å². The first-order valence-electron chi connectivity index (χ1n) is 6.73. The fourth-order valence-corrected chi connectivity index (χ4v) is 3.70. The van der Waals surface area contributed by atoms with Crippen molar-refractivity contribution in [1.82, 2.24) is 10.2 Å². The maximum Gasteiger partial charge on any atom is 0.157 e. The summed E-state index contributed by atoms with van der Waals surface area (Å²) in [5.41, 5.74) is 0.392. The van der Waals surface area contributed by atoms with Crippen LogP contribution in [0, 0.1) is 0 Å². The number of hydrogen-bond donors (Lipinski definition) is 1. The molecule has 4 heteroatoms. The largest absolute Gasteiger partial charge is 0.359 e. The zero-order valence-electron chi connectivity index (χ0n) is 11.3. The van der Waals surface area contributed by atoms with Gasteiger partial charge in [0.25, 0.3) is 0 Å². The molecule has 3 nitrogen and oxygen atoms in total. The van der Waals surface area contributed by atoms with E-state index in [1.165, 1.54) is 43.0 Å². The van der Waals surface area contributed by atoms with Gasteiger partial charge in [0.1, 0.15) is 0 Å². The van der Waals surface area contributed by atoms with E-state index in [4.69, 9.17) is 4.99 Å². The van der Waals surface area contributed by atoms with Gasteiger partial charge in [-0.15, -0.1) is 0 Å². The van der Waals surface area contributed by atoms with Gasteiger partial charge in [-0.3, -0.25) is 4.99 Å². The Morgan fingerprint density at radius 1 is 1.35 bits per heavy atom. The van der Waals surface area contributed by atoms with Crippen molar-refractivity contribution < 1.29 is 0 Å². The van der Waals surface area contributed by atoms with E-state index >= 15 is 0 Å². The Hall–Kier alpha value is -0.220. The lowest BCUT2D eigenvalue weighted by Gasteiger charge is -2.32. The number of likely N-dealkylation sites (N-methyl/N-ethyl adjacent to an activating group) is 1. The lowest BCUT2D eigenvalue weighted by Crippen LogP contribution is -2.45. The van der Waals surface area contributed by atoms with Gasteiger partial charge in [0.15, 0.2) is 5.17 Å². The fourth-order valence-electron chi connectivity index (χ4n) is 2.47. The second kappa shape index (κ2) is 5.61. The summed E-state index contributed by atoms with van der Waals surface area (Å²) in [6.45, 7) is 3.12. The minimum Gasteiger partial charge on any atom is -0.359 e. The van der Waals surface area contributed by atoms with Crippen molar-refractivity contribution in [1.29, 1.82) is 0 Å². The number of nitrogens with one attached hydrogen (secondary N) is 1. The van der Waals surface area contributed by atoms with Gasteiger partial charge >= 0.3 is 0 Å². The van der Waals surface area contributed by atoms with Crippen molar-refractivity contribution in [3.63, 3.8) is 0 Å². The lowest BCUT2D eigenvalue weighted by atomic mass is 9.83. The lowest BCUT2D eigenvalue weighted by molar-refractivity contribution is 0.302. The monoisotopic (exact) mass is 255 g/mol. The third-order valence-electron chi connectivity index (χ3n) is 4.05. The zero-order valence-corrected chi connectivity index (χ0v) is 12.1. The van der Waals surface area contributed by atoms with E-state index in [1.807, 2.05) is 11.8 Å². The van der Waals surface area contributed by atoms with Crippen molar-refractivity contribution >= 4 is 16.9 Å². The molecule has 1 atom stereocenters. The molecule has 1 saturated heterocycles. The van der Waals surface area contributed by atoms with Crippen LogP contribution in [-0.4, -0.2) is 48.0 Å². The molecule has 98 valence electrons. The van der Waals surface area contributed by atoms with Crippen LogP contribution in [0.4, 0.5) is 0 Å². The Kier molecular flexibility index (Phi) is 4.36. The molecule has 17 heavy (non-hydrogen) atoms. The molecule has 1 saturated carbocycles. The smallest absolute Gasteiger partial charge is 0.157 e. The fraction of sp³-hybridized carbons (Fsp3) is 0.923. The maximum absolute atomic E-state index is 4.72. The molecule has 0 amide bonds. The van der Waals surface area contributed by atoms with E-state index in [9.17, 15) is 0 Å². The first-order valence-corrected chi connectivity index (χ1v) is 7.72. The predicted molar refractivity (Wildman–Crippen MR) is 76.9 cm³/mol. The molecule has 1 heterocycles. The molecule has 1 spiro atoms. The Morgan fingerprint density at radius 2 is 2.06 bits per heavy atom. The molecule has 2 fully saturated rings. The summed E-state index contributed by atoms with van der Waals surface area (Å²) < 4.78 is 0. The first-order chi connectivity index (χ1) is 8.11. The molecule has 0 bridgehead atoms. The SMILES string of the molecule is CC(CN=C1NC2(CCCCC2)CS1)N(C)C. The topological polar surface area (TPSA) is 27.6 Å². The van der Waals surface area contributed by atoms with Crippen LogP contribution in [0.5, 0.6) is 0 Å². The molecule has 0 aromatic heterocycles. The van der Waals surface area contributed by atoms with Gasteiger partial charge < -0.3 is 10.2 Å². The van der Waals surface area contributed by atoms with Crippen LogP contribution in [0.2, 0.25) is 0 Å². The molecular weight excluding hydrogens is 230 g/mol. The Morgan fingerprint density at radius 3 is 2.71 bits per heavy atom. The van der Waals surface area contributed by atoms with E-state index in [2.05, 4.69) is 31.2 Å². The van der Waals surface area contributed by atoms with E-state index in [1.54, 1.807) is 0 Å². The molecular formula is C13H25N3S. The first kappa shape index (κ1) is 13.2. The van der Waals surface area contributed by atoms with Gasteiger partial charge in [0.05, 0.1) is 6.54 Å². The Bertz CT molecular complexity index is 282. The molecule has 0 aromatic rings. The predicted octanol–water partition coefficient (Wildman–Crippen LogP) is 2.33. The van der Waals surface area contributed by atoms with Crippen LogP contribution >= 0.6 is 11.8 Å².